The van der Waals surface area contributed by atoms with Gasteiger partial charge in [0, 0.05) is 23.7 Å². The van der Waals surface area contributed by atoms with E-state index in [9.17, 15) is 27.9 Å². The molecule has 3 N–H and O–H groups in total. The highest BCUT2D eigenvalue weighted by Crippen LogP contribution is 2.46. The van der Waals surface area contributed by atoms with Crippen molar-refractivity contribution in [2.75, 3.05) is 17.2 Å². The average molecular weight is 563 g/mol. The number of carbonyl (C=O) groups excluding carboxylic acids is 1. The van der Waals surface area contributed by atoms with Crippen molar-refractivity contribution in [2.24, 2.45) is 0 Å². The van der Waals surface area contributed by atoms with Crippen LogP contribution in [0, 0.1) is 0 Å². The predicted octanol–water partition coefficient (Wildman–Crippen LogP) is 7.01. The van der Waals surface area contributed by atoms with Crippen LogP contribution in [0.1, 0.15) is 33.2 Å². The highest BCUT2D eigenvalue weighted by molar-refractivity contribution is 6.08. The van der Waals surface area contributed by atoms with Crippen molar-refractivity contribution in [1.29, 1.82) is 0 Å². The van der Waals surface area contributed by atoms with Gasteiger partial charge in [0.25, 0.3) is 0 Å². The molecule has 0 aromatic heterocycles. The minimum Gasteiger partial charge on any atom is -0.485 e. The highest BCUT2D eigenvalue weighted by Gasteiger charge is 2.34. The van der Waals surface area contributed by atoms with Crippen LogP contribution in [0.4, 0.5) is 29.3 Å². The highest BCUT2D eigenvalue weighted by atomic mass is 19.4. The third-order valence-corrected chi connectivity index (χ3v) is 6.77. The van der Waals surface area contributed by atoms with Gasteiger partial charge in [-0.05, 0) is 52.6 Å². The van der Waals surface area contributed by atoms with Crippen molar-refractivity contribution >= 4 is 23.4 Å². The second-order valence-corrected chi connectivity index (χ2v) is 9.40. The Bertz CT molecular complexity index is 1690. The number of para-hydroxylation sites is 2. The summed E-state index contributed by atoms with van der Waals surface area (Å²) in [5, 5.41) is 15.5. The number of ether oxygens (including phenoxy) is 3. The number of fused-ring (bicyclic) bond motifs is 4. The lowest BCUT2D eigenvalue weighted by Gasteiger charge is -2.29. The van der Waals surface area contributed by atoms with E-state index in [0.717, 1.165) is 28.8 Å². The maximum Gasteiger partial charge on any atom is 0.573 e. The maximum absolute atomic E-state index is 13.1. The summed E-state index contributed by atoms with van der Waals surface area (Å²) < 4.78 is 53.9. The first-order chi connectivity index (χ1) is 19.7. The number of anilines is 2. The zero-order valence-electron chi connectivity index (χ0n) is 21.1. The van der Waals surface area contributed by atoms with Gasteiger partial charge in [-0.3, -0.25) is 0 Å². The van der Waals surface area contributed by atoms with Gasteiger partial charge in [-0.15, -0.1) is 13.2 Å². The van der Waals surface area contributed by atoms with E-state index in [0.29, 0.717) is 29.0 Å². The van der Waals surface area contributed by atoms with Crippen LogP contribution >= 0.6 is 0 Å². The molecule has 11 heteroatoms. The van der Waals surface area contributed by atoms with E-state index in [-0.39, 0.29) is 23.5 Å². The number of hydrogen-bond donors (Lipinski definition) is 3. The number of alkyl halides is 3. The third-order valence-electron chi connectivity index (χ3n) is 6.77. The summed E-state index contributed by atoms with van der Waals surface area (Å²) in [4.78, 5) is 25.9. The van der Waals surface area contributed by atoms with Crippen LogP contribution in [0.5, 0.6) is 17.2 Å². The molecule has 1 unspecified atom stereocenters. The number of rotatable bonds is 5. The number of benzene rings is 4. The van der Waals surface area contributed by atoms with Crippen LogP contribution in [0.15, 0.2) is 78.9 Å². The molecule has 8 nitrogen and oxygen atoms in total. The summed E-state index contributed by atoms with van der Waals surface area (Å²) in [6.45, 7) is 0.0371. The molecule has 0 saturated carbocycles. The van der Waals surface area contributed by atoms with Gasteiger partial charge < -0.3 is 30.0 Å². The molecule has 1 aliphatic carbocycles. The third kappa shape index (κ3) is 5.21. The van der Waals surface area contributed by atoms with E-state index >= 15 is 0 Å². The number of halogens is 3. The van der Waals surface area contributed by atoms with Crippen molar-refractivity contribution < 1.29 is 42.1 Å². The molecule has 0 bridgehead atoms. The molecule has 41 heavy (non-hydrogen) atoms. The summed E-state index contributed by atoms with van der Waals surface area (Å²) in [6, 6.07) is 20.3. The lowest BCUT2D eigenvalue weighted by atomic mass is 9.92. The van der Waals surface area contributed by atoms with Crippen LogP contribution < -0.4 is 24.8 Å². The molecule has 208 valence electrons. The fourth-order valence-electron chi connectivity index (χ4n) is 5.14. The molecule has 1 heterocycles. The van der Waals surface area contributed by atoms with E-state index < -0.39 is 30.2 Å². The molecule has 0 fully saturated rings. The molecule has 4 aromatic carbocycles. The molecule has 0 spiro atoms. The molecule has 0 radical (unpaired) electrons. The van der Waals surface area contributed by atoms with Crippen LogP contribution in [-0.4, -0.2) is 30.1 Å². The number of amides is 2. The topological polar surface area (TPSA) is 106 Å². The van der Waals surface area contributed by atoms with Crippen LogP contribution in [0.3, 0.4) is 0 Å². The standard InChI is InChI=1S/C30H21F3N2O6/c31-30(32,33)41-18-8-5-7-17(13-18)34-29(38)35-27-21-12-16-6-1-2-9-19(16)20(21)14-22(26(27)28(36)37)25-15-39-23-10-3-4-11-24(23)40-25/h1-11,13-14,25H,12,15H2,(H,36,37)(H2,34,35,38). The molecule has 2 amide bonds. The number of urea groups is 1. The lowest BCUT2D eigenvalue weighted by molar-refractivity contribution is -0.274. The SMILES string of the molecule is O=C(Nc1cccc(OC(F)(F)F)c1)Nc1c2c(cc(C3COc4ccccc4O3)c1C(=O)O)-c1ccccc1C2. The van der Waals surface area contributed by atoms with Gasteiger partial charge in [-0.25, -0.2) is 9.59 Å². The summed E-state index contributed by atoms with van der Waals surface area (Å²) >= 11 is 0. The largest absolute Gasteiger partial charge is 0.573 e. The molecule has 2 aliphatic rings. The average Bonchev–Trinajstić information content (AvgIpc) is 3.30. The molecule has 1 aliphatic heterocycles. The molecular formula is C30H21F3N2O6. The van der Waals surface area contributed by atoms with Crippen molar-refractivity contribution in [3.63, 3.8) is 0 Å². The van der Waals surface area contributed by atoms with Gasteiger partial charge in [-0.2, -0.15) is 0 Å². The minimum atomic E-state index is -4.90. The second kappa shape index (κ2) is 10.1. The fraction of sp³-hybridized carbons (Fsp3) is 0.133. The first kappa shape index (κ1) is 26.1. The minimum absolute atomic E-state index is 0.0119. The number of carboxylic acid groups (broad SMARTS) is 1. The van der Waals surface area contributed by atoms with E-state index in [4.69, 9.17) is 9.47 Å². The van der Waals surface area contributed by atoms with Crippen LogP contribution in [0.2, 0.25) is 0 Å². The maximum atomic E-state index is 13.1. The van der Waals surface area contributed by atoms with Crippen molar-refractivity contribution in [2.45, 2.75) is 18.9 Å². The number of nitrogens with one attached hydrogen (secondary N) is 2. The number of carboxylic acids is 1. The Morgan fingerprint density at radius 1 is 0.902 bits per heavy atom. The predicted molar refractivity (Wildman–Crippen MR) is 143 cm³/mol. The fourth-order valence-corrected chi connectivity index (χ4v) is 5.14. The van der Waals surface area contributed by atoms with E-state index in [2.05, 4.69) is 15.4 Å². The zero-order valence-corrected chi connectivity index (χ0v) is 21.1. The monoisotopic (exact) mass is 562 g/mol. The van der Waals surface area contributed by atoms with E-state index in [1.807, 2.05) is 24.3 Å². The Morgan fingerprint density at radius 2 is 1.66 bits per heavy atom. The summed E-state index contributed by atoms with van der Waals surface area (Å²) in [5.74, 6) is -0.831. The van der Waals surface area contributed by atoms with Gasteiger partial charge in [0.1, 0.15) is 12.4 Å². The zero-order chi connectivity index (χ0) is 28.7. The second-order valence-electron chi connectivity index (χ2n) is 9.40. The van der Waals surface area contributed by atoms with Gasteiger partial charge in [0.2, 0.25) is 0 Å². The number of aromatic carboxylic acids is 1. The summed E-state index contributed by atoms with van der Waals surface area (Å²) in [7, 11) is 0. The lowest BCUT2D eigenvalue weighted by Crippen LogP contribution is -2.27. The Hall–Kier alpha value is -5.19. The van der Waals surface area contributed by atoms with Crippen molar-refractivity contribution in [3.05, 3.63) is 101 Å². The van der Waals surface area contributed by atoms with Crippen LogP contribution in [-0.2, 0) is 6.42 Å². The van der Waals surface area contributed by atoms with Crippen molar-refractivity contribution in [1.82, 2.24) is 0 Å². The van der Waals surface area contributed by atoms with Gasteiger partial charge >= 0.3 is 18.4 Å². The first-order valence-electron chi connectivity index (χ1n) is 12.5. The quantitative estimate of drug-likeness (QED) is 0.213. The van der Waals surface area contributed by atoms with E-state index in [1.54, 1.807) is 30.3 Å². The first-order valence-corrected chi connectivity index (χ1v) is 12.5. The van der Waals surface area contributed by atoms with Gasteiger partial charge in [0.05, 0.1) is 11.3 Å². The summed E-state index contributed by atoms with van der Waals surface area (Å²) in [6.07, 6.45) is -5.34. The molecular weight excluding hydrogens is 541 g/mol. The Labute approximate surface area is 231 Å². The molecule has 0 saturated heterocycles. The number of carbonyl (C=O) groups is 2. The number of hydrogen-bond acceptors (Lipinski definition) is 5. The Balaban J connectivity index is 1.39. The van der Waals surface area contributed by atoms with Gasteiger partial charge in [-0.1, -0.05) is 42.5 Å². The van der Waals surface area contributed by atoms with E-state index in [1.165, 1.54) is 12.1 Å². The molecule has 6 rings (SSSR count). The molecule has 1 atom stereocenters. The normalized spacial score (nSPS) is 15.0. The van der Waals surface area contributed by atoms with Crippen LogP contribution in [0.25, 0.3) is 11.1 Å². The molecule has 4 aromatic rings. The van der Waals surface area contributed by atoms with Gasteiger partial charge in [0.15, 0.2) is 17.6 Å². The smallest absolute Gasteiger partial charge is 0.485 e. The summed E-state index contributed by atoms with van der Waals surface area (Å²) in [5.41, 5.74) is 3.36. The Kier molecular flexibility index (Phi) is 6.41. The van der Waals surface area contributed by atoms with Crippen molar-refractivity contribution in [3.8, 4) is 28.4 Å². The Morgan fingerprint density at radius 3 is 2.44 bits per heavy atom.